The number of hydrogen-bond acceptors (Lipinski definition) is 4. The first-order chi connectivity index (χ1) is 10.2. The van der Waals surface area contributed by atoms with Gasteiger partial charge in [-0.05, 0) is 24.8 Å². The minimum absolute atomic E-state index is 0.0344. The van der Waals surface area contributed by atoms with Crippen LogP contribution in [0.3, 0.4) is 0 Å². The summed E-state index contributed by atoms with van der Waals surface area (Å²) in [4.78, 5) is 16.9. The number of carbonyl (C=O) groups is 1. The normalized spacial score (nSPS) is 21.0. The average molecular weight is 303 g/mol. The number of nitrogens with zero attached hydrogens (tertiary/aromatic N) is 2. The van der Waals surface area contributed by atoms with Crippen LogP contribution in [0.4, 0.5) is 0 Å². The quantitative estimate of drug-likeness (QED) is 0.667. The van der Waals surface area contributed by atoms with Gasteiger partial charge in [0.15, 0.2) is 10.9 Å². The summed E-state index contributed by atoms with van der Waals surface area (Å²) in [6, 6.07) is 5.67. The number of thioether (sulfide) groups is 1. The van der Waals surface area contributed by atoms with Crippen LogP contribution >= 0.6 is 11.8 Å². The van der Waals surface area contributed by atoms with E-state index in [2.05, 4.69) is 10.3 Å². The Labute approximate surface area is 127 Å². The minimum atomic E-state index is -0.174. The first-order valence-electron chi connectivity index (χ1n) is 6.84. The standard InChI is InChI=1S/C15H17N3O2S/c1-21-15-17-13(12-4-2-3-7-18(12)15)14(20)16-11-6-5-10(8-11)9-19/h2-7,10-11,19H,8-9H2,1H3,(H,16,20)/t10-,11+/m0/s1. The molecule has 1 aliphatic carbocycles. The minimum Gasteiger partial charge on any atom is -0.396 e. The van der Waals surface area contributed by atoms with Crippen LogP contribution in [0, 0.1) is 5.92 Å². The molecular weight excluding hydrogens is 286 g/mol. The van der Waals surface area contributed by atoms with Crippen molar-refractivity contribution in [1.29, 1.82) is 0 Å². The van der Waals surface area contributed by atoms with Crippen molar-refractivity contribution < 1.29 is 9.90 Å². The summed E-state index contributed by atoms with van der Waals surface area (Å²) in [7, 11) is 0. The Morgan fingerprint density at radius 1 is 1.52 bits per heavy atom. The van der Waals surface area contributed by atoms with Crippen molar-refractivity contribution in [1.82, 2.24) is 14.7 Å². The van der Waals surface area contributed by atoms with Crippen LogP contribution in [0.1, 0.15) is 16.9 Å². The number of pyridine rings is 1. The summed E-state index contributed by atoms with van der Waals surface area (Å²) in [5.74, 6) is -0.0389. The van der Waals surface area contributed by atoms with Crippen LogP contribution in [-0.2, 0) is 0 Å². The molecule has 0 unspecified atom stereocenters. The number of aromatic nitrogens is 2. The molecule has 6 heteroatoms. The van der Waals surface area contributed by atoms with E-state index in [0.29, 0.717) is 5.69 Å². The number of amides is 1. The first kappa shape index (κ1) is 14.2. The maximum absolute atomic E-state index is 12.4. The molecule has 2 atom stereocenters. The van der Waals surface area contributed by atoms with Gasteiger partial charge in [-0.25, -0.2) is 4.98 Å². The molecule has 0 spiro atoms. The SMILES string of the molecule is CSc1nc(C(=O)N[C@@H]2C=C[C@H](CO)C2)c2ccccn12. The van der Waals surface area contributed by atoms with Gasteiger partial charge >= 0.3 is 0 Å². The van der Waals surface area contributed by atoms with E-state index in [1.54, 1.807) is 0 Å². The highest BCUT2D eigenvalue weighted by Crippen LogP contribution is 2.21. The zero-order chi connectivity index (χ0) is 14.8. The van der Waals surface area contributed by atoms with Gasteiger partial charge in [-0.2, -0.15) is 0 Å². The number of nitrogens with one attached hydrogen (secondary N) is 1. The number of fused-ring (bicyclic) bond motifs is 1. The van der Waals surface area contributed by atoms with Crippen molar-refractivity contribution in [3.63, 3.8) is 0 Å². The third kappa shape index (κ3) is 2.69. The van der Waals surface area contributed by atoms with E-state index in [1.807, 2.05) is 47.2 Å². The molecular formula is C15H17N3O2S. The molecule has 5 nitrogen and oxygen atoms in total. The fraction of sp³-hybridized carbons (Fsp3) is 0.333. The van der Waals surface area contributed by atoms with Gasteiger partial charge < -0.3 is 10.4 Å². The fourth-order valence-corrected chi connectivity index (χ4v) is 3.11. The number of aliphatic hydroxyl groups is 1. The van der Waals surface area contributed by atoms with Gasteiger partial charge in [-0.15, -0.1) is 0 Å². The molecule has 2 aromatic rings. The van der Waals surface area contributed by atoms with E-state index in [0.717, 1.165) is 17.1 Å². The summed E-state index contributed by atoms with van der Waals surface area (Å²) < 4.78 is 1.92. The van der Waals surface area contributed by atoms with Crippen molar-refractivity contribution in [2.24, 2.45) is 5.92 Å². The maximum Gasteiger partial charge on any atom is 0.272 e. The van der Waals surface area contributed by atoms with Crippen LogP contribution in [0.5, 0.6) is 0 Å². The number of hydrogen-bond donors (Lipinski definition) is 2. The largest absolute Gasteiger partial charge is 0.396 e. The van der Waals surface area contributed by atoms with Crippen molar-refractivity contribution in [3.05, 3.63) is 42.2 Å². The van der Waals surface area contributed by atoms with Crippen molar-refractivity contribution in [3.8, 4) is 0 Å². The highest BCUT2D eigenvalue weighted by molar-refractivity contribution is 7.98. The third-order valence-corrected chi connectivity index (χ3v) is 4.29. The van der Waals surface area contributed by atoms with Gasteiger partial charge in [0, 0.05) is 24.8 Å². The van der Waals surface area contributed by atoms with Crippen molar-refractivity contribution in [2.75, 3.05) is 12.9 Å². The number of carbonyl (C=O) groups excluding carboxylic acids is 1. The van der Waals surface area contributed by atoms with Crippen molar-refractivity contribution in [2.45, 2.75) is 17.6 Å². The molecule has 0 saturated carbocycles. The van der Waals surface area contributed by atoms with Gasteiger partial charge in [0.25, 0.3) is 5.91 Å². The predicted octanol–water partition coefficient (Wildman–Crippen LogP) is 1.72. The molecule has 1 aliphatic rings. The van der Waals surface area contributed by atoms with E-state index >= 15 is 0 Å². The van der Waals surface area contributed by atoms with Crippen LogP contribution in [0.25, 0.3) is 5.52 Å². The molecule has 2 N–H and O–H groups in total. The van der Waals surface area contributed by atoms with Crippen LogP contribution in [0.2, 0.25) is 0 Å². The van der Waals surface area contributed by atoms with Crippen LogP contribution in [0.15, 0.2) is 41.7 Å². The van der Waals surface area contributed by atoms with Crippen LogP contribution < -0.4 is 5.32 Å². The Hall–Kier alpha value is -1.79. The number of aliphatic hydroxyl groups excluding tert-OH is 1. The zero-order valence-electron chi connectivity index (χ0n) is 11.7. The van der Waals surface area contributed by atoms with Crippen LogP contribution in [-0.4, -0.2) is 39.3 Å². The lowest BCUT2D eigenvalue weighted by atomic mass is 10.1. The fourth-order valence-electron chi connectivity index (χ4n) is 2.57. The molecule has 2 heterocycles. The highest BCUT2D eigenvalue weighted by Gasteiger charge is 2.23. The van der Waals surface area contributed by atoms with E-state index in [9.17, 15) is 4.79 Å². The van der Waals surface area contributed by atoms with E-state index in [1.165, 1.54) is 11.8 Å². The second kappa shape index (κ2) is 5.91. The summed E-state index contributed by atoms with van der Waals surface area (Å²) in [5, 5.41) is 12.9. The van der Waals surface area contributed by atoms with E-state index < -0.39 is 0 Å². The molecule has 0 aromatic carbocycles. The van der Waals surface area contributed by atoms with Gasteiger partial charge in [0.05, 0.1) is 5.52 Å². The molecule has 1 amide bonds. The molecule has 110 valence electrons. The lowest BCUT2D eigenvalue weighted by Crippen LogP contribution is -2.33. The molecule has 0 fully saturated rings. The second-order valence-corrected chi connectivity index (χ2v) is 5.82. The Kier molecular flexibility index (Phi) is 3.98. The lowest BCUT2D eigenvalue weighted by Gasteiger charge is -2.11. The second-order valence-electron chi connectivity index (χ2n) is 5.05. The van der Waals surface area contributed by atoms with Gasteiger partial charge in [-0.1, -0.05) is 30.0 Å². The summed E-state index contributed by atoms with van der Waals surface area (Å²) in [5.41, 5.74) is 1.25. The highest BCUT2D eigenvalue weighted by atomic mass is 32.2. The van der Waals surface area contributed by atoms with Gasteiger partial charge in [0.2, 0.25) is 0 Å². The maximum atomic E-state index is 12.4. The van der Waals surface area contributed by atoms with Crippen molar-refractivity contribution >= 4 is 23.2 Å². The third-order valence-electron chi connectivity index (χ3n) is 3.64. The first-order valence-corrected chi connectivity index (χ1v) is 8.06. The molecule has 0 bridgehead atoms. The Bertz CT molecular complexity index is 695. The van der Waals surface area contributed by atoms with E-state index in [4.69, 9.17) is 5.11 Å². The smallest absolute Gasteiger partial charge is 0.272 e. The Morgan fingerprint density at radius 3 is 3.10 bits per heavy atom. The molecule has 0 radical (unpaired) electrons. The molecule has 2 aromatic heterocycles. The van der Waals surface area contributed by atoms with Gasteiger partial charge in [-0.3, -0.25) is 9.20 Å². The monoisotopic (exact) mass is 303 g/mol. The number of imidazole rings is 1. The number of rotatable bonds is 4. The lowest BCUT2D eigenvalue weighted by molar-refractivity contribution is 0.0938. The molecule has 21 heavy (non-hydrogen) atoms. The summed E-state index contributed by atoms with van der Waals surface area (Å²) in [6.07, 6.45) is 8.47. The Morgan fingerprint density at radius 2 is 2.38 bits per heavy atom. The molecule has 3 rings (SSSR count). The van der Waals surface area contributed by atoms with Gasteiger partial charge in [0.1, 0.15) is 0 Å². The predicted molar refractivity (Wildman–Crippen MR) is 82.6 cm³/mol. The Balaban J connectivity index is 1.84. The molecule has 0 aliphatic heterocycles. The topological polar surface area (TPSA) is 66.6 Å². The summed E-state index contributed by atoms with van der Waals surface area (Å²) in [6.45, 7) is 0.118. The average Bonchev–Trinajstić information content (AvgIpc) is 3.11. The molecule has 0 saturated heterocycles. The van der Waals surface area contributed by atoms with E-state index in [-0.39, 0.29) is 24.5 Å². The summed E-state index contributed by atoms with van der Waals surface area (Å²) >= 11 is 1.51. The zero-order valence-corrected chi connectivity index (χ0v) is 12.5.